The predicted molar refractivity (Wildman–Crippen MR) is 215 cm³/mol. The summed E-state index contributed by atoms with van der Waals surface area (Å²) >= 11 is 0. The minimum Gasteiger partial charge on any atom is -0.462 e. The van der Waals surface area contributed by atoms with Gasteiger partial charge in [0.2, 0.25) is 0 Å². The molecule has 51 heavy (non-hydrogen) atoms. The molecule has 1 unspecified atom stereocenters. The van der Waals surface area contributed by atoms with Crippen LogP contribution in [0.2, 0.25) is 0 Å². The molecule has 0 amide bonds. The number of hydrogen-bond acceptors (Lipinski definition) is 6. The van der Waals surface area contributed by atoms with E-state index in [1.165, 1.54) is 57.8 Å². The zero-order chi connectivity index (χ0) is 37.3. The molecule has 292 valence electrons. The fourth-order valence-corrected chi connectivity index (χ4v) is 5.40. The van der Waals surface area contributed by atoms with Gasteiger partial charge in [-0.3, -0.25) is 14.4 Å². The Labute approximate surface area is 313 Å². The van der Waals surface area contributed by atoms with Crippen LogP contribution in [0.25, 0.3) is 0 Å². The lowest BCUT2D eigenvalue weighted by atomic mass is 10.1. The summed E-state index contributed by atoms with van der Waals surface area (Å²) in [7, 11) is 0. The van der Waals surface area contributed by atoms with Gasteiger partial charge in [-0.05, 0) is 64.2 Å². The maximum absolute atomic E-state index is 12.6. The van der Waals surface area contributed by atoms with Gasteiger partial charge in [0.15, 0.2) is 6.10 Å². The maximum Gasteiger partial charge on any atom is 0.306 e. The van der Waals surface area contributed by atoms with Crippen LogP contribution in [0.1, 0.15) is 188 Å². The van der Waals surface area contributed by atoms with Crippen LogP contribution in [0, 0.1) is 0 Å². The molecular weight excluding hydrogens is 636 g/mol. The number of esters is 3. The third-order valence-corrected chi connectivity index (χ3v) is 8.50. The Bertz CT molecular complexity index is 960. The van der Waals surface area contributed by atoms with E-state index in [4.69, 9.17) is 14.2 Å². The quantitative estimate of drug-likeness (QED) is 0.0278. The lowest BCUT2D eigenvalue weighted by Gasteiger charge is -2.18. The third-order valence-electron chi connectivity index (χ3n) is 8.50. The second-order valence-corrected chi connectivity index (χ2v) is 13.5. The van der Waals surface area contributed by atoms with E-state index in [0.29, 0.717) is 19.3 Å². The van der Waals surface area contributed by atoms with Crippen molar-refractivity contribution < 1.29 is 28.6 Å². The number of allylic oxidation sites excluding steroid dienone is 10. The van der Waals surface area contributed by atoms with E-state index in [-0.39, 0.29) is 37.5 Å². The van der Waals surface area contributed by atoms with Crippen molar-refractivity contribution in [1.82, 2.24) is 0 Å². The van der Waals surface area contributed by atoms with Crippen molar-refractivity contribution in [2.75, 3.05) is 13.2 Å². The summed E-state index contributed by atoms with van der Waals surface area (Å²) in [6, 6.07) is 0. The monoisotopic (exact) mass is 713 g/mol. The van der Waals surface area contributed by atoms with Crippen molar-refractivity contribution in [1.29, 1.82) is 0 Å². The molecule has 0 spiro atoms. The Balaban J connectivity index is 4.49. The molecule has 0 saturated heterocycles. The molecular formula is C45H76O6. The van der Waals surface area contributed by atoms with Crippen LogP contribution >= 0.6 is 0 Å². The first kappa shape index (κ1) is 48.1. The van der Waals surface area contributed by atoms with Gasteiger partial charge < -0.3 is 14.2 Å². The Kier molecular flexibility index (Phi) is 37.6. The first-order chi connectivity index (χ1) is 25.0. The van der Waals surface area contributed by atoms with Crippen molar-refractivity contribution in [2.45, 2.75) is 194 Å². The van der Waals surface area contributed by atoms with E-state index in [2.05, 4.69) is 69.4 Å². The highest BCUT2D eigenvalue weighted by Crippen LogP contribution is 2.13. The molecule has 1 atom stereocenters. The molecule has 0 aliphatic heterocycles. The number of carbonyl (C=O) groups is 3. The summed E-state index contributed by atoms with van der Waals surface area (Å²) in [4.78, 5) is 37.5. The molecule has 6 nitrogen and oxygen atoms in total. The average Bonchev–Trinajstić information content (AvgIpc) is 3.12. The number of unbranched alkanes of at least 4 members (excludes halogenated alkanes) is 15. The lowest BCUT2D eigenvalue weighted by molar-refractivity contribution is -0.166. The van der Waals surface area contributed by atoms with E-state index in [1.54, 1.807) is 0 Å². The Morgan fingerprint density at radius 3 is 1.39 bits per heavy atom. The van der Waals surface area contributed by atoms with Crippen LogP contribution in [0.4, 0.5) is 0 Å². The summed E-state index contributed by atoms with van der Waals surface area (Å²) in [6.45, 7) is 6.34. The molecule has 0 aliphatic carbocycles. The summed E-state index contributed by atoms with van der Waals surface area (Å²) in [5.74, 6) is -1.00. The highest BCUT2D eigenvalue weighted by molar-refractivity contribution is 5.71. The maximum atomic E-state index is 12.6. The van der Waals surface area contributed by atoms with E-state index < -0.39 is 6.10 Å². The van der Waals surface area contributed by atoms with Crippen LogP contribution < -0.4 is 0 Å². The van der Waals surface area contributed by atoms with Crippen molar-refractivity contribution in [3.05, 3.63) is 60.8 Å². The molecule has 0 heterocycles. The van der Waals surface area contributed by atoms with Crippen LogP contribution in [-0.4, -0.2) is 37.2 Å². The molecule has 0 aromatic heterocycles. The lowest BCUT2D eigenvalue weighted by Crippen LogP contribution is -2.30. The van der Waals surface area contributed by atoms with Gasteiger partial charge in [-0.1, -0.05) is 165 Å². The van der Waals surface area contributed by atoms with E-state index in [1.807, 2.05) is 12.2 Å². The molecule has 0 N–H and O–H groups in total. The van der Waals surface area contributed by atoms with E-state index in [0.717, 1.165) is 83.5 Å². The Morgan fingerprint density at radius 2 is 0.843 bits per heavy atom. The van der Waals surface area contributed by atoms with Gasteiger partial charge in [0.1, 0.15) is 13.2 Å². The number of rotatable bonds is 36. The zero-order valence-electron chi connectivity index (χ0n) is 33.1. The molecule has 0 aromatic carbocycles. The van der Waals surface area contributed by atoms with Crippen molar-refractivity contribution in [3.8, 4) is 0 Å². The van der Waals surface area contributed by atoms with Gasteiger partial charge in [0.25, 0.3) is 0 Å². The molecule has 0 radical (unpaired) electrons. The zero-order valence-corrected chi connectivity index (χ0v) is 33.1. The standard InChI is InChI=1S/C45H76O6/c1-4-7-10-13-16-19-22-23-24-27-29-32-35-38-44(47)50-41-42(51-45(48)39-36-33-30-26-21-18-15-12-9-6-3)40-49-43(46)37-34-31-28-25-20-17-14-11-8-5-2/h7,10,12,15-16,19,23-24,29,32,42H,4-6,8-9,11,13-14,17-18,20-22,25-28,30-31,33-41H2,1-3H3/b10-7-,15-12-,19-16-,24-23-,32-29-. The van der Waals surface area contributed by atoms with Crippen molar-refractivity contribution in [2.24, 2.45) is 0 Å². The highest BCUT2D eigenvalue weighted by Gasteiger charge is 2.19. The van der Waals surface area contributed by atoms with Gasteiger partial charge in [-0.2, -0.15) is 0 Å². The van der Waals surface area contributed by atoms with E-state index >= 15 is 0 Å². The molecule has 0 aliphatic rings. The molecule has 0 bridgehead atoms. The summed E-state index contributed by atoms with van der Waals surface area (Å²) in [5, 5.41) is 0. The Morgan fingerprint density at radius 1 is 0.412 bits per heavy atom. The number of carbonyl (C=O) groups excluding carboxylic acids is 3. The smallest absolute Gasteiger partial charge is 0.306 e. The fraction of sp³-hybridized carbons (Fsp3) is 0.711. The van der Waals surface area contributed by atoms with Gasteiger partial charge in [-0.25, -0.2) is 0 Å². The van der Waals surface area contributed by atoms with Crippen LogP contribution in [-0.2, 0) is 28.6 Å². The second kappa shape index (κ2) is 39.9. The molecule has 0 fully saturated rings. The van der Waals surface area contributed by atoms with Gasteiger partial charge in [0.05, 0.1) is 0 Å². The average molecular weight is 713 g/mol. The van der Waals surface area contributed by atoms with Crippen LogP contribution in [0.3, 0.4) is 0 Å². The second-order valence-electron chi connectivity index (χ2n) is 13.5. The van der Waals surface area contributed by atoms with Crippen molar-refractivity contribution >= 4 is 17.9 Å². The first-order valence-electron chi connectivity index (χ1n) is 20.8. The minimum absolute atomic E-state index is 0.0992. The largest absolute Gasteiger partial charge is 0.462 e. The molecule has 6 heteroatoms. The number of hydrogen-bond donors (Lipinski definition) is 0. The number of ether oxygens (including phenoxy) is 3. The van der Waals surface area contributed by atoms with Crippen LogP contribution in [0.15, 0.2) is 60.8 Å². The van der Waals surface area contributed by atoms with E-state index in [9.17, 15) is 14.4 Å². The van der Waals surface area contributed by atoms with Gasteiger partial charge in [-0.15, -0.1) is 0 Å². The molecule has 0 saturated carbocycles. The topological polar surface area (TPSA) is 78.9 Å². The molecule has 0 rings (SSSR count). The fourth-order valence-electron chi connectivity index (χ4n) is 5.40. The SMILES string of the molecule is CC/C=C\C/C=C\C/C=C\C/C=C\CCC(=O)OCC(COC(=O)CCCCCCCCCCCC)OC(=O)CCCCCCC/C=C\CCC. The normalized spacial score (nSPS) is 12.6. The summed E-state index contributed by atoms with van der Waals surface area (Å²) in [6.07, 6.45) is 46.5. The Hall–Kier alpha value is -2.89. The first-order valence-corrected chi connectivity index (χ1v) is 20.8. The van der Waals surface area contributed by atoms with Gasteiger partial charge >= 0.3 is 17.9 Å². The minimum atomic E-state index is -0.801. The summed E-state index contributed by atoms with van der Waals surface area (Å²) < 4.78 is 16.5. The predicted octanol–water partition coefficient (Wildman–Crippen LogP) is 13.0. The van der Waals surface area contributed by atoms with Crippen molar-refractivity contribution in [3.63, 3.8) is 0 Å². The summed E-state index contributed by atoms with van der Waals surface area (Å²) in [5.41, 5.74) is 0. The van der Waals surface area contributed by atoms with Gasteiger partial charge in [0, 0.05) is 19.3 Å². The van der Waals surface area contributed by atoms with Crippen LogP contribution in [0.5, 0.6) is 0 Å². The highest BCUT2D eigenvalue weighted by atomic mass is 16.6. The third kappa shape index (κ3) is 38.2. The molecule has 0 aromatic rings.